The van der Waals surface area contributed by atoms with Crippen LogP contribution in [0.15, 0.2) is 36.4 Å². The number of halogens is 1. The molecule has 2 rings (SSSR count). The van der Waals surface area contributed by atoms with E-state index in [1.165, 1.54) is 24.3 Å². The summed E-state index contributed by atoms with van der Waals surface area (Å²) in [6, 6.07) is 8.87. The maximum atomic E-state index is 14.0. The van der Waals surface area contributed by atoms with Crippen molar-refractivity contribution >= 4 is 5.69 Å². The lowest BCUT2D eigenvalue weighted by molar-refractivity contribution is -0.384. The van der Waals surface area contributed by atoms with Crippen molar-refractivity contribution in [3.8, 4) is 11.5 Å². The van der Waals surface area contributed by atoms with Crippen molar-refractivity contribution < 1.29 is 14.1 Å². The van der Waals surface area contributed by atoms with E-state index >= 15 is 0 Å². The summed E-state index contributed by atoms with van der Waals surface area (Å²) in [7, 11) is 1.77. The number of nitrogens with zero attached hydrogens (tertiary/aromatic N) is 1. The minimum absolute atomic E-state index is 0.0402. The third-order valence-electron chi connectivity index (χ3n) is 2.98. The largest absolute Gasteiger partial charge is 0.454 e. The van der Waals surface area contributed by atoms with Crippen LogP contribution in [0.1, 0.15) is 11.1 Å². The Bertz CT molecular complexity index is 674. The van der Waals surface area contributed by atoms with Crippen LogP contribution in [0, 0.1) is 22.9 Å². The van der Waals surface area contributed by atoms with Gasteiger partial charge in [-0.15, -0.1) is 0 Å². The maximum absolute atomic E-state index is 14.0. The number of benzene rings is 2. The number of nitro groups is 1. The van der Waals surface area contributed by atoms with Gasteiger partial charge in [0.15, 0.2) is 11.6 Å². The smallest absolute Gasteiger partial charge is 0.273 e. The number of aryl methyl sites for hydroxylation is 1. The molecule has 0 aromatic heterocycles. The van der Waals surface area contributed by atoms with Gasteiger partial charge in [-0.05, 0) is 43.3 Å². The Hall–Kier alpha value is -2.47. The van der Waals surface area contributed by atoms with Gasteiger partial charge in [-0.2, -0.15) is 0 Å². The number of nitrogens with one attached hydrogen (secondary N) is 1. The molecule has 0 fully saturated rings. The lowest BCUT2D eigenvalue weighted by atomic mass is 10.2. The highest BCUT2D eigenvalue weighted by molar-refractivity contribution is 5.46. The Balaban J connectivity index is 2.29. The third-order valence-corrected chi connectivity index (χ3v) is 2.98. The van der Waals surface area contributed by atoms with Crippen LogP contribution >= 0.6 is 0 Å². The van der Waals surface area contributed by atoms with E-state index in [0.717, 1.165) is 5.56 Å². The molecular weight excluding hydrogens is 275 g/mol. The summed E-state index contributed by atoms with van der Waals surface area (Å²) < 4.78 is 19.4. The van der Waals surface area contributed by atoms with Crippen molar-refractivity contribution in [2.24, 2.45) is 0 Å². The lowest BCUT2D eigenvalue weighted by Gasteiger charge is -2.10. The molecule has 0 bridgehead atoms. The monoisotopic (exact) mass is 290 g/mol. The van der Waals surface area contributed by atoms with Crippen LogP contribution in [0.2, 0.25) is 0 Å². The standard InChI is InChI=1S/C15H15FN2O3/c1-10-3-5-12(18(19)20)8-15(10)21-14-6-4-11(9-17-2)7-13(14)16/h3-8,17H,9H2,1-2H3. The van der Waals surface area contributed by atoms with E-state index in [2.05, 4.69) is 5.32 Å². The van der Waals surface area contributed by atoms with Gasteiger partial charge in [0, 0.05) is 12.6 Å². The predicted octanol–water partition coefficient (Wildman–Crippen LogP) is 3.55. The van der Waals surface area contributed by atoms with Crippen molar-refractivity contribution in [1.29, 1.82) is 0 Å². The first kappa shape index (κ1) is 14.9. The quantitative estimate of drug-likeness (QED) is 0.675. The molecule has 5 nitrogen and oxygen atoms in total. The first-order valence-corrected chi connectivity index (χ1v) is 6.37. The van der Waals surface area contributed by atoms with Gasteiger partial charge in [-0.1, -0.05) is 6.07 Å². The molecule has 0 amide bonds. The molecule has 2 aromatic rings. The first-order valence-electron chi connectivity index (χ1n) is 6.37. The number of hydrogen-bond donors (Lipinski definition) is 1. The van der Waals surface area contributed by atoms with Gasteiger partial charge in [0.1, 0.15) is 5.75 Å². The summed E-state index contributed by atoms with van der Waals surface area (Å²) >= 11 is 0. The van der Waals surface area contributed by atoms with Crippen molar-refractivity contribution in [1.82, 2.24) is 5.32 Å². The Morgan fingerprint density at radius 3 is 2.62 bits per heavy atom. The summed E-state index contributed by atoms with van der Waals surface area (Å²) in [5, 5.41) is 13.7. The van der Waals surface area contributed by atoms with Crippen LogP contribution in [0.4, 0.5) is 10.1 Å². The topological polar surface area (TPSA) is 64.4 Å². The molecule has 0 aliphatic carbocycles. The molecule has 21 heavy (non-hydrogen) atoms. The molecule has 0 aliphatic heterocycles. The molecule has 110 valence electrons. The van der Waals surface area contributed by atoms with Gasteiger partial charge in [-0.3, -0.25) is 10.1 Å². The van der Waals surface area contributed by atoms with Gasteiger partial charge in [0.25, 0.3) is 5.69 Å². The number of nitro benzene ring substituents is 1. The van der Waals surface area contributed by atoms with E-state index in [1.807, 2.05) is 0 Å². The van der Waals surface area contributed by atoms with Gasteiger partial charge >= 0.3 is 0 Å². The summed E-state index contributed by atoms with van der Waals surface area (Å²) in [6.07, 6.45) is 0. The second kappa shape index (κ2) is 6.32. The summed E-state index contributed by atoms with van der Waals surface area (Å²) in [5.74, 6) is -0.198. The second-order valence-corrected chi connectivity index (χ2v) is 4.60. The predicted molar refractivity (Wildman–Crippen MR) is 77.1 cm³/mol. The van der Waals surface area contributed by atoms with E-state index < -0.39 is 10.7 Å². The zero-order chi connectivity index (χ0) is 15.4. The van der Waals surface area contributed by atoms with Crippen LogP contribution in [0.5, 0.6) is 11.5 Å². The van der Waals surface area contributed by atoms with E-state index in [9.17, 15) is 14.5 Å². The zero-order valence-electron chi connectivity index (χ0n) is 11.7. The molecule has 0 saturated carbocycles. The number of rotatable bonds is 5. The number of ether oxygens (including phenoxy) is 1. The molecule has 0 aliphatic rings. The van der Waals surface area contributed by atoms with E-state index in [4.69, 9.17) is 4.74 Å². The van der Waals surface area contributed by atoms with Crippen molar-refractivity contribution in [3.05, 3.63) is 63.5 Å². The highest BCUT2D eigenvalue weighted by Gasteiger charge is 2.12. The normalized spacial score (nSPS) is 10.4. The van der Waals surface area contributed by atoms with Gasteiger partial charge < -0.3 is 10.1 Å². The zero-order valence-corrected chi connectivity index (χ0v) is 11.7. The molecule has 0 saturated heterocycles. The Morgan fingerprint density at radius 1 is 1.24 bits per heavy atom. The van der Waals surface area contributed by atoms with E-state index in [0.29, 0.717) is 12.1 Å². The molecule has 2 aromatic carbocycles. The molecule has 0 spiro atoms. The van der Waals surface area contributed by atoms with Crippen molar-refractivity contribution in [3.63, 3.8) is 0 Å². The minimum atomic E-state index is -0.515. The summed E-state index contributed by atoms with van der Waals surface area (Å²) in [4.78, 5) is 10.3. The molecule has 0 unspecified atom stereocenters. The summed E-state index contributed by atoms with van der Waals surface area (Å²) in [6.45, 7) is 2.29. The average Bonchev–Trinajstić information content (AvgIpc) is 2.44. The average molecular weight is 290 g/mol. The van der Waals surface area contributed by atoms with Crippen molar-refractivity contribution in [2.45, 2.75) is 13.5 Å². The fourth-order valence-electron chi connectivity index (χ4n) is 1.87. The highest BCUT2D eigenvalue weighted by atomic mass is 19.1. The van der Waals surface area contributed by atoms with Crippen LogP contribution in [-0.4, -0.2) is 12.0 Å². The Morgan fingerprint density at radius 2 is 2.00 bits per heavy atom. The third kappa shape index (κ3) is 3.55. The molecular formula is C15H15FN2O3. The SMILES string of the molecule is CNCc1ccc(Oc2cc([N+](=O)[O-])ccc2C)c(F)c1. The van der Waals surface area contributed by atoms with Crippen LogP contribution < -0.4 is 10.1 Å². The van der Waals surface area contributed by atoms with Gasteiger partial charge in [0.2, 0.25) is 0 Å². The minimum Gasteiger partial charge on any atom is -0.454 e. The Labute approximate surface area is 121 Å². The van der Waals surface area contributed by atoms with Crippen molar-refractivity contribution in [2.75, 3.05) is 7.05 Å². The van der Waals surface area contributed by atoms with Gasteiger partial charge in [-0.25, -0.2) is 4.39 Å². The van der Waals surface area contributed by atoms with E-state index in [-0.39, 0.29) is 17.2 Å². The first-order chi connectivity index (χ1) is 10.0. The number of non-ortho nitro benzene ring substituents is 1. The fraction of sp³-hybridized carbons (Fsp3) is 0.200. The molecule has 0 heterocycles. The lowest BCUT2D eigenvalue weighted by Crippen LogP contribution is -2.05. The molecule has 0 radical (unpaired) electrons. The number of hydrogen-bond acceptors (Lipinski definition) is 4. The fourth-order valence-corrected chi connectivity index (χ4v) is 1.87. The summed E-state index contributed by atoms with van der Waals surface area (Å²) in [5.41, 5.74) is 1.39. The van der Waals surface area contributed by atoms with E-state index in [1.54, 1.807) is 26.1 Å². The second-order valence-electron chi connectivity index (χ2n) is 4.60. The van der Waals surface area contributed by atoms with Crippen LogP contribution in [0.3, 0.4) is 0 Å². The maximum Gasteiger partial charge on any atom is 0.273 e. The highest BCUT2D eigenvalue weighted by Crippen LogP contribution is 2.30. The van der Waals surface area contributed by atoms with Crippen LogP contribution in [-0.2, 0) is 6.54 Å². The molecule has 6 heteroatoms. The van der Waals surface area contributed by atoms with Gasteiger partial charge in [0.05, 0.1) is 11.0 Å². The van der Waals surface area contributed by atoms with Crippen LogP contribution in [0.25, 0.3) is 0 Å². The Kier molecular flexibility index (Phi) is 4.49. The molecule has 0 atom stereocenters. The molecule has 1 N–H and O–H groups in total.